The molecule has 0 radical (unpaired) electrons. The molecule has 1 fully saturated rings. The van der Waals surface area contributed by atoms with Crippen LogP contribution in [0.4, 0.5) is 0 Å². The number of ketones is 3. The Balaban J connectivity index is 2.12. The van der Waals surface area contributed by atoms with Crippen molar-refractivity contribution in [3.8, 4) is 6.07 Å². The van der Waals surface area contributed by atoms with Gasteiger partial charge in [0.2, 0.25) is 0 Å². The Morgan fingerprint density at radius 1 is 1.25 bits per heavy atom. The van der Waals surface area contributed by atoms with E-state index in [0.29, 0.717) is 10.9 Å². The van der Waals surface area contributed by atoms with Crippen molar-refractivity contribution >= 4 is 28.3 Å². The number of carbonyl (C=O) groups is 3. The van der Waals surface area contributed by atoms with Crippen LogP contribution in [-0.4, -0.2) is 22.3 Å². The minimum Gasteiger partial charge on any atom is -0.298 e. The van der Waals surface area contributed by atoms with Gasteiger partial charge in [0.25, 0.3) is 0 Å². The van der Waals surface area contributed by atoms with Crippen molar-refractivity contribution in [2.24, 2.45) is 11.8 Å². The number of hydrogen-bond acceptors (Lipinski definition) is 5. The minimum absolute atomic E-state index is 0.0399. The van der Waals surface area contributed by atoms with Crippen molar-refractivity contribution < 1.29 is 14.4 Å². The standard InChI is InChI=1S/C19H16N2O3/c1-10-6-15(22)17(16(23)7-10)19(24)13-8-12-5-3-4-11(2)18(12)21-14(13)9-20/h3-5,8,10,17H,6-7H2,1-2H3. The van der Waals surface area contributed by atoms with Gasteiger partial charge in [-0.2, -0.15) is 5.26 Å². The molecule has 5 heteroatoms. The number of benzene rings is 1. The van der Waals surface area contributed by atoms with Crippen LogP contribution in [0.2, 0.25) is 0 Å². The Morgan fingerprint density at radius 3 is 2.54 bits per heavy atom. The fraction of sp³-hybridized carbons (Fsp3) is 0.316. The maximum atomic E-state index is 12.8. The Kier molecular flexibility index (Phi) is 3.98. The molecule has 2 aromatic rings. The maximum Gasteiger partial charge on any atom is 0.183 e. The number of fused-ring (bicyclic) bond motifs is 1. The molecule has 0 atom stereocenters. The summed E-state index contributed by atoms with van der Waals surface area (Å²) in [5.41, 5.74) is 1.54. The molecule has 120 valence electrons. The number of aryl methyl sites for hydroxylation is 1. The highest BCUT2D eigenvalue weighted by molar-refractivity contribution is 6.26. The van der Waals surface area contributed by atoms with Crippen LogP contribution in [0.5, 0.6) is 0 Å². The van der Waals surface area contributed by atoms with Gasteiger partial charge < -0.3 is 0 Å². The molecule has 1 aliphatic rings. The van der Waals surface area contributed by atoms with Gasteiger partial charge in [0, 0.05) is 18.2 Å². The van der Waals surface area contributed by atoms with E-state index >= 15 is 0 Å². The summed E-state index contributed by atoms with van der Waals surface area (Å²) >= 11 is 0. The number of nitriles is 1. The van der Waals surface area contributed by atoms with E-state index in [0.717, 1.165) is 5.56 Å². The second kappa shape index (κ2) is 5.97. The third-order valence-electron chi connectivity index (χ3n) is 4.42. The molecule has 1 saturated carbocycles. The Hall–Kier alpha value is -2.87. The Bertz CT molecular complexity index is 906. The third-order valence-corrected chi connectivity index (χ3v) is 4.42. The van der Waals surface area contributed by atoms with Crippen LogP contribution in [-0.2, 0) is 9.59 Å². The second-order valence-electron chi connectivity index (χ2n) is 6.39. The van der Waals surface area contributed by atoms with Gasteiger partial charge in [0.15, 0.2) is 23.0 Å². The fourth-order valence-electron chi connectivity index (χ4n) is 3.24. The summed E-state index contributed by atoms with van der Waals surface area (Å²) in [6.07, 6.45) is 0.425. The van der Waals surface area contributed by atoms with Crippen LogP contribution in [0.3, 0.4) is 0 Å². The molecule has 0 spiro atoms. The molecular weight excluding hydrogens is 304 g/mol. The lowest BCUT2D eigenvalue weighted by Gasteiger charge is -2.23. The van der Waals surface area contributed by atoms with Crippen molar-refractivity contribution in [3.05, 3.63) is 41.1 Å². The number of pyridine rings is 1. The summed E-state index contributed by atoms with van der Waals surface area (Å²) in [6, 6.07) is 8.97. The number of Topliss-reactive ketones (excluding diaryl/α,β-unsaturated/α-hetero) is 3. The number of aromatic nitrogens is 1. The molecule has 0 N–H and O–H groups in total. The molecule has 1 heterocycles. The average Bonchev–Trinajstić information content (AvgIpc) is 2.53. The largest absolute Gasteiger partial charge is 0.298 e. The number of para-hydroxylation sites is 1. The second-order valence-corrected chi connectivity index (χ2v) is 6.39. The Morgan fingerprint density at radius 2 is 1.92 bits per heavy atom. The molecule has 5 nitrogen and oxygen atoms in total. The summed E-state index contributed by atoms with van der Waals surface area (Å²) in [4.78, 5) is 41.5. The first kappa shape index (κ1) is 16.0. The number of rotatable bonds is 2. The summed E-state index contributed by atoms with van der Waals surface area (Å²) in [5, 5.41) is 10.1. The van der Waals surface area contributed by atoms with E-state index in [-0.39, 0.29) is 41.6 Å². The van der Waals surface area contributed by atoms with Gasteiger partial charge in [-0.05, 0) is 24.5 Å². The summed E-state index contributed by atoms with van der Waals surface area (Å²) in [5.74, 6) is -2.67. The minimum atomic E-state index is -1.29. The van der Waals surface area contributed by atoms with Crippen molar-refractivity contribution in [1.82, 2.24) is 4.98 Å². The number of hydrogen-bond donors (Lipinski definition) is 0. The zero-order valence-corrected chi connectivity index (χ0v) is 13.5. The highest BCUT2D eigenvalue weighted by atomic mass is 16.2. The van der Waals surface area contributed by atoms with Crippen LogP contribution < -0.4 is 0 Å². The average molecular weight is 320 g/mol. The van der Waals surface area contributed by atoms with Crippen LogP contribution in [0.25, 0.3) is 10.9 Å². The smallest absolute Gasteiger partial charge is 0.183 e. The maximum absolute atomic E-state index is 12.8. The molecule has 0 amide bonds. The zero-order valence-electron chi connectivity index (χ0n) is 13.5. The van der Waals surface area contributed by atoms with Crippen LogP contribution in [0.15, 0.2) is 24.3 Å². The van der Waals surface area contributed by atoms with Crippen LogP contribution in [0.1, 0.15) is 41.4 Å². The van der Waals surface area contributed by atoms with Crippen molar-refractivity contribution in [1.29, 1.82) is 5.26 Å². The molecule has 0 aliphatic heterocycles. The highest BCUT2D eigenvalue weighted by Crippen LogP contribution is 2.28. The fourth-order valence-corrected chi connectivity index (χ4v) is 3.24. The molecule has 1 aromatic carbocycles. The lowest BCUT2D eigenvalue weighted by molar-refractivity contribution is -0.134. The van der Waals surface area contributed by atoms with Gasteiger partial charge in [-0.3, -0.25) is 14.4 Å². The molecular formula is C19H16N2O3. The van der Waals surface area contributed by atoms with E-state index in [4.69, 9.17) is 0 Å². The first-order chi connectivity index (χ1) is 11.4. The summed E-state index contributed by atoms with van der Waals surface area (Å²) < 4.78 is 0. The van der Waals surface area contributed by atoms with Crippen molar-refractivity contribution in [2.45, 2.75) is 26.7 Å². The SMILES string of the molecule is Cc1cccc2cc(C(=O)C3C(=O)CC(C)CC3=O)c(C#N)nc12. The topological polar surface area (TPSA) is 87.9 Å². The van der Waals surface area contributed by atoms with Crippen LogP contribution >= 0.6 is 0 Å². The number of carbonyl (C=O) groups excluding carboxylic acids is 3. The van der Waals surface area contributed by atoms with E-state index in [2.05, 4.69) is 4.98 Å². The first-order valence-corrected chi connectivity index (χ1v) is 7.82. The monoisotopic (exact) mass is 320 g/mol. The molecule has 0 saturated heterocycles. The van der Waals surface area contributed by atoms with Crippen LogP contribution in [0, 0.1) is 30.1 Å². The highest BCUT2D eigenvalue weighted by Gasteiger charge is 2.40. The lowest BCUT2D eigenvalue weighted by Crippen LogP contribution is -2.38. The van der Waals surface area contributed by atoms with E-state index < -0.39 is 11.7 Å². The van der Waals surface area contributed by atoms with Crippen molar-refractivity contribution in [3.63, 3.8) is 0 Å². The van der Waals surface area contributed by atoms with Gasteiger partial charge >= 0.3 is 0 Å². The van der Waals surface area contributed by atoms with E-state index in [1.165, 1.54) is 0 Å². The molecule has 1 aromatic heterocycles. The van der Waals surface area contributed by atoms with Gasteiger partial charge in [-0.1, -0.05) is 25.1 Å². The zero-order chi connectivity index (χ0) is 17.4. The van der Waals surface area contributed by atoms with Gasteiger partial charge in [-0.15, -0.1) is 0 Å². The van der Waals surface area contributed by atoms with Gasteiger partial charge in [0.05, 0.1) is 11.1 Å². The molecule has 0 bridgehead atoms. The normalized spacial score (nSPS) is 20.9. The number of nitrogens with zero attached hydrogens (tertiary/aromatic N) is 2. The van der Waals surface area contributed by atoms with Gasteiger partial charge in [-0.25, -0.2) is 4.98 Å². The van der Waals surface area contributed by atoms with Crippen molar-refractivity contribution in [2.75, 3.05) is 0 Å². The van der Waals surface area contributed by atoms with Gasteiger partial charge in [0.1, 0.15) is 12.0 Å². The first-order valence-electron chi connectivity index (χ1n) is 7.82. The molecule has 24 heavy (non-hydrogen) atoms. The quantitative estimate of drug-likeness (QED) is 0.627. The summed E-state index contributed by atoms with van der Waals surface area (Å²) in [7, 11) is 0. The predicted molar refractivity (Wildman–Crippen MR) is 87.4 cm³/mol. The van der Waals surface area contributed by atoms with E-state index in [1.807, 2.05) is 32.0 Å². The Labute approximate surface area is 139 Å². The molecule has 1 aliphatic carbocycles. The van der Waals surface area contributed by atoms with E-state index in [9.17, 15) is 19.6 Å². The molecule has 0 unspecified atom stereocenters. The summed E-state index contributed by atoms with van der Waals surface area (Å²) in [6.45, 7) is 3.69. The van der Waals surface area contributed by atoms with E-state index in [1.54, 1.807) is 12.1 Å². The predicted octanol–water partition coefficient (Wildman–Crippen LogP) is 2.78. The molecule has 3 rings (SSSR count). The third kappa shape index (κ3) is 2.61. The lowest BCUT2D eigenvalue weighted by atomic mass is 9.77.